The van der Waals surface area contributed by atoms with Gasteiger partial charge in [-0.2, -0.15) is 11.3 Å². The van der Waals surface area contributed by atoms with Gasteiger partial charge in [0.15, 0.2) is 0 Å². The first-order valence-electron chi connectivity index (χ1n) is 4.80. The van der Waals surface area contributed by atoms with Gasteiger partial charge in [-0.05, 0) is 40.6 Å². The fraction of sp³-hybridized carbons (Fsp3) is 0.636. The maximum absolute atomic E-state index is 2.31. The summed E-state index contributed by atoms with van der Waals surface area (Å²) in [6.07, 6.45) is 3.90. The zero-order chi connectivity index (χ0) is 8.97. The summed E-state index contributed by atoms with van der Waals surface area (Å²) in [7, 11) is 0. The van der Waals surface area contributed by atoms with E-state index in [-0.39, 0.29) is 0 Å². The lowest BCUT2D eigenvalue weighted by molar-refractivity contribution is 0.772. The highest BCUT2D eigenvalue weighted by Crippen LogP contribution is 2.24. The first kappa shape index (κ1) is 9.79. The second-order valence-electron chi connectivity index (χ2n) is 3.61. The van der Waals surface area contributed by atoms with Crippen LogP contribution in [0.5, 0.6) is 0 Å². The fourth-order valence-corrected chi connectivity index (χ4v) is 2.47. The molecular weight excluding hydrogens is 164 g/mol. The molecule has 0 aliphatic heterocycles. The molecule has 0 amide bonds. The van der Waals surface area contributed by atoms with Gasteiger partial charge in [0.1, 0.15) is 0 Å². The summed E-state index contributed by atoms with van der Waals surface area (Å²) in [4.78, 5) is 0. The van der Waals surface area contributed by atoms with Crippen molar-refractivity contribution >= 4 is 11.3 Å². The topological polar surface area (TPSA) is 0 Å². The smallest absolute Gasteiger partial charge is 0.00558 e. The zero-order valence-corrected chi connectivity index (χ0v) is 9.08. The lowest BCUT2D eigenvalue weighted by Gasteiger charge is -2.05. The average molecular weight is 182 g/mol. The van der Waals surface area contributed by atoms with E-state index in [0.717, 1.165) is 0 Å². The molecule has 1 heteroatoms. The molecule has 1 aromatic rings. The lowest BCUT2D eigenvalue weighted by Crippen LogP contribution is -1.91. The molecule has 0 atom stereocenters. The van der Waals surface area contributed by atoms with Crippen molar-refractivity contribution in [2.75, 3.05) is 0 Å². The molecule has 0 saturated heterocycles. The van der Waals surface area contributed by atoms with E-state index in [9.17, 15) is 0 Å². The van der Waals surface area contributed by atoms with Crippen LogP contribution in [-0.4, -0.2) is 0 Å². The Morgan fingerprint density at radius 1 is 1.33 bits per heavy atom. The molecular formula is C11H18S. The molecule has 0 unspecified atom stereocenters. The molecule has 12 heavy (non-hydrogen) atoms. The summed E-state index contributed by atoms with van der Waals surface area (Å²) in [5.41, 5.74) is 3.14. The van der Waals surface area contributed by atoms with Crippen molar-refractivity contribution in [3.05, 3.63) is 21.9 Å². The van der Waals surface area contributed by atoms with Gasteiger partial charge in [0.25, 0.3) is 0 Å². The van der Waals surface area contributed by atoms with Crippen molar-refractivity contribution in [3.63, 3.8) is 0 Å². The summed E-state index contributed by atoms with van der Waals surface area (Å²) < 4.78 is 0. The van der Waals surface area contributed by atoms with E-state index < -0.39 is 0 Å². The van der Waals surface area contributed by atoms with Gasteiger partial charge >= 0.3 is 0 Å². The molecule has 0 saturated carbocycles. The molecule has 0 bridgehead atoms. The molecule has 0 radical (unpaired) electrons. The number of rotatable bonds is 4. The van der Waals surface area contributed by atoms with Crippen LogP contribution >= 0.6 is 11.3 Å². The monoisotopic (exact) mass is 182 g/mol. The van der Waals surface area contributed by atoms with Crippen molar-refractivity contribution in [1.82, 2.24) is 0 Å². The Labute approximate surface area is 79.6 Å². The first-order chi connectivity index (χ1) is 5.75. The Morgan fingerprint density at radius 3 is 2.67 bits per heavy atom. The molecule has 0 nitrogen and oxygen atoms in total. The molecule has 0 aliphatic carbocycles. The Morgan fingerprint density at radius 2 is 2.08 bits per heavy atom. The van der Waals surface area contributed by atoms with Crippen LogP contribution in [0, 0.1) is 0 Å². The predicted octanol–water partition coefficient (Wildman–Crippen LogP) is 4.21. The summed E-state index contributed by atoms with van der Waals surface area (Å²) in [6.45, 7) is 6.80. The minimum Gasteiger partial charge on any atom is -0.152 e. The number of unbranched alkanes of at least 4 members (excludes halogenated alkanes) is 1. The lowest BCUT2D eigenvalue weighted by atomic mass is 9.99. The molecule has 0 spiro atoms. The molecule has 0 aromatic carbocycles. The third-order valence-corrected chi connectivity index (χ3v) is 3.01. The highest BCUT2D eigenvalue weighted by Gasteiger charge is 2.06. The zero-order valence-electron chi connectivity index (χ0n) is 8.26. The summed E-state index contributed by atoms with van der Waals surface area (Å²) in [5, 5.41) is 4.61. The quantitative estimate of drug-likeness (QED) is 0.654. The molecule has 1 aromatic heterocycles. The van der Waals surface area contributed by atoms with E-state index in [0.29, 0.717) is 5.92 Å². The van der Waals surface area contributed by atoms with Crippen molar-refractivity contribution < 1.29 is 0 Å². The minimum atomic E-state index is 0.697. The Bertz CT molecular complexity index is 223. The molecule has 0 fully saturated rings. The Hall–Kier alpha value is -0.300. The Balaban J connectivity index is 2.64. The SMILES string of the molecule is CCCCc1cscc1C(C)C. The fourth-order valence-electron chi connectivity index (χ4n) is 1.41. The molecule has 0 aliphatic rings. The molecule has 1 rings (SSSR count). The highest BCUT2D eigenvalue weighted by atomic mass is 32.1. The van der Waals surface area contributed by atoms with E-state index in [1.807, 2.05) is 11.3 Å². The van der Waals surface area contributed by atoms with Crippen LogP contribution in [-0.2, 0) is 6.42 Å². The van der Waals surface area contributed by atoms with Gasteiger partial charge in [0, 0.05) is 0 Å². The largest absolute Gasteiger partial charge is 0.152 e. The minimum absolute atomic E-state index is 0.697. The van der Waals surface area contributed by atoms with Crippen LogP contribution < -0.4 is 0 Å². The Kier molecular flexibility index (Phi) is 3.80. The van der Waals surface area contributed by atoms with Gasteiger partial charge in [0.2, 0.25) is 0 Å². The third-order valence-electron chi connectivity index (χ3n) is 2.20. The van der Waals surface area contributed by atoms with Gasteiger partial charge in [-0.25, -0.2) is 0 Å². The number of thiophene rings is 1. The van der Waals surface area contributed by atoms with Gasteiger partial charge in [0.05, 0.1) is 0 Å². The average Bonchev–Trinajstić information content (AvgIpc) is 2.48. The van der Waals surface area contributed by atoms with Crippen LogP contribution in [0.2, 0.25) is 0 Å². The van der Waals surface area contributed by atoms with Crippen molar-refractivity contribution in [1.29, 1.82) is 0 Å². The number of aryl methyl sites for hydroxylation is 1. The van der Waals surface area contributed by atoms with Crippen molar-refractivity contribution in [2.24, 2.45) is 0 Å². The molecule has 0 N–H and O–H groups in total. The highest BCUT2D eigenvalue weighted by molar-refractivity contribution is 7.08. The normalized spacial score (nSPS) is 11.0. The molecule has 1 heterocycles. The van der Waals surface area contributed by atoms with Crippen LogP contribution in [0.3, 0.4) is 0 Å². The summed E-state index contributed by atoms with van der Waals surface area (Å²) in [5.74, 6) is 0.697. The maximum atomic E-state index is 2.31. The van der Waals surface area contributed by atoms with E-state index in [2.05, 4.69) is 31.5 Å². The molecule has 68 valence electrons. The van der Waals surface area contributed by atoms with Gasteiger partial charge in [-0.15, -0.1) is 0 Å². The van der Waals surface area contributed by atoms with Gasteiger partial charge in [-0.1, -0.05) is 27.2 Å². The maximum Gasteiger partial charge on any atom is -0.00558 e. The van der Waals surface area contributed by atoms with E-state index >= 15 is 0 Å². The second kappa shape index (κ2) is 4.66. The van der Waals surface area contributed by atoms with Gasteiger partial charge < -0.3 is 0 Å². The predicted molar refractivity (Wildman–Crippen MR) is 57.0 cm³/mol. The van der Waals surface area contributed by atoms with Crippen molar-refractivity contribution in [2.45, 2.75) is 46.0 Å². The third kappa shape index (κ3) is 2.34. The van der Waals surface area contributed by atoms with Crippen LogP contribution in [0.4, 0.5) is 0 Å². The second-order valence-corrected chi connectivity index (χ2v) is 4.35. The number of hydrogen-bond acceptors (Lipinski definition) is 1. The standard InChI is InChI=1S/C11H18S/c1-4-5-6-10-7-12-8-11(10)9(2)3/h7-9H,4-6H2,1-3H3. The van der Waals surface area contributed by atoms with Crippen LogP contribution in [0.15, 0.2) is 10.8 Å². The number of hydrogen-bond donors (Lipinski definition) is 0. The van der Waals surface area contributed by atoms with E-state index in [1.54, 1.807) is 11.1 Å². The van der Waals surface area contributed by atoms with E-state index in [1.165, 1.54) is 19.3 Å². The summed E-state index contributed by atoms with van der Waals surface area (Å²) in [6, 6.07) is 0. The van der Waals surface area contributed by atoms with Crippen LogP contribution in [0.25, 0.3) is 0 Å². The summed E-state index contributed by atoms with van der Waals surface area (Å²) >= 11 is 1.84. The van der Waals surface area contributed by atoms with Crippen LogP contribution in [0.1, 0.15) is 50.7 Å². The first-order valence-corrected chi connectivity index (χ1v) is 5.75. The van der Waals surface area contributed by atoms with Crippen molar-refractivity contribution in [3.8, 4) is 0 Å². The van der Waals surface area contributed by atoms with Gasteiger partial charge in [-0.3, -0.25) is 0 Å². The van der Waals surface area contributed by atoms with E-state index in [4.69, 9.17) is 0 Å².